The Morgan fingerprint density at radius 2 is 0.731 bits per heavy atom. The first-order valence-electron chi connectivity index (χ1n) is 33.6. The minimum Gasteiger partial charge on any atom is -0.313 e. The third-order valence-corrected chi connectivity index (χ3v) is 20.2. The van der Waals surface area contributed by atoms with Crippen LogP contribution in [0.4, 0.5) is 28.4 Å². The smallest absolute Gasteiger partial charge is 0.0501 e. The number of hydrogen-bond donors (Lipinski definition) is 0. The van der Waals surface area contributed by atoms with Crippen molar-refractivity contribution in [1.29, 1.82) is 0 Å². The fourth-order valence-electron chi connectivity index (χ4n) is 14.5. The van der Waals surface area contributed by atoms with Crippen LogP contribution in [-0.2, 0) is 27.1 Å². The van der Waals surface area contributed by atoms with E-state index in [1.807, 2.05) is 0 Å². The van der Waals surface area contributed by atoms with Crippen LogP contribution < -0.4 is 9.80 Å². The lowest BCUT2D eigenvalue weighted by atomic mass is 9.81. The standard InChI is InChI=1S/C91H88N2/c1-87(2,3)71-38-30-59(31-39-71)65-48-66(60-32-40-72(41-33-60)88(4,5)6)51-69(50-65)63-22-20-26-76(54-63)92(78-46-47-79-81-57-82-80-28-18-19-29-85(80)93(75-24-16-15-17-25-75)86(82)58-84(81)91(13,14)83(79)56-78)77-27-21-23-64(55-77)70-52-67(61-34-42-73(43-35-61)89(7,8)9)49-68(53-70)62-36-44-74(45-37-62)90(10,11)12/h15-27,29-58,80H,28H2,1-14H3. The van der Waals surface area contributed by atoms with Crippen LogP contribution in [0.5, 0.6) is 0 Å². The molecule has 1 atom stereocenters. The van der Waals surface area contributed by atoms with Gasteiger partial charge in [-0.3, -0.25) is 0 Å². The van der Waals surface area contributed by atoms with Gasteiger partial charge in [-0.2, -0.15) is 0 Å². The van der Waals surface area contributed by atoms with Gasteiger partial charge in [0.15, 0.2) is 0 Å². The van der Waals surface area contributed by atoms with Crippen molar-refractivity contribution in [3.8, 4) is 77.9 Å². The highest BCUT2D eigenvalue weighted by Crippen LogP contribution is 2.58. The molecule has 1 unspecified atom stereocenters. The van der Waals surface area contributed by atoms with Gasteiger partial charge in [0.05, 0.1) is 5.69 Å². The largest absolute Gasteiger partial charge is 0.313 e. The summed E-state index contributed by atoms with van der Waals surface area (Å²) >= 11 is 0. The Labute approximate surface area is 554 Å². The zero-order valence-electron chi connectivity index (χ0n) is 57.0. The summed E-state index contributed by atoms with van der Waals surface area (Å²) in [5.74, 6) is 0.302. The highest BCUT2D eigenvalue weighted by molar-refractivity contribution is 5.93. The van der Waals surface area contributed by atoms with Crippen molar-refractivity contribution < 1.29 is 0 Å². The average Bonchev–Trinajstić information content (AvgIpc) is 1.55. The van der Waals surface area contributed by atoms with E-state index in [1.165, 1.54) is 123 Å². The highest BCUT2D eigenvalue weighted by atomic mass is 15.2. The quantitative estimate of drug-likeness (QED) is 0.135. The first kappa shape index (κ1) is 61.0. The lowest BCUT2D eigenvalue weighted by molar-refractivity contribution is 0.590. The number of para-hydroxylation sites is 1. The van der Waals surface area contributed by atoms with Gasteiger partial charge in [-0.1, -0.05) is 255 Å². The number of anilines is 5. The van der Waals surface area contributed by atoms with Crippen LogP contribution in [0.2, 0.25) is 0 Å². The van der Waals surface area contributed by atoms with Crippen molar-refractivity contribution in [2.24, 2.45) is 0 Å². The average molecular weight is 1210 g/mol. The summed E-state index contributed by atoms with van der Waals surface area (Å²) in [7, 11) is 0. The molecule has 3 aliphatic rings. The minimum absolute atomic E-state index is 0.0506. The van der Waals surface area contributed by atoms with E-state index < -0.39 is 0 Å². The number of nitrogens with zero attached hydrogens (tertiary/aromatic N) is 2. The minimum atomic E-state index is -0.298. The lowest BCUT2D eigenvalue weighted by Gasteiger charge is -2.29. The van der Waals surface area contributed by atoms with E-state index in [1.54, 1.807) is 0 Å². The van der Waals surface area contributed by atoms with Crippen LogP contribution in [0.1, 0.15) is 148 Å². The van der Waals surface area contributed by atoms with Gasteiger partial charge in [0.1, 0.15) is 0 Å². The molecule has 0 amide bonds. The summed E-state index contributed by atoms with van der Waals surface area (Å²) in [5.41, 5.74) is 33.4. The molecule has 0 spiro atoms. The second-order valence-corrected chi connectivity index (χ2v) is 31.1. The molecule has 0 fully saturated rings. The van der Waals surface area contributed by atoms with Crippen LogP contribution in [0.25, 0.3) is 77.9 Å². The molecule has 14 rings (SSSR count). The van der Waals surface area contributed by atoms with Gasteiger partial charge in [-0.25, -0.2) is 0 Å². The highest BCUT2D eigenvalue weighted by Gasteiger charge is 2.42. The molecule has 1 heterocycles. The summed E-state index contributed by atoms with van der Waals surface area (Å²) in [6.45, 7) is 32.3. The normalized spacial score (nSPS) is 14.9. The topological polar surface area (TPSA) is 6.48 Å². The van der Waals surface area contributed by atoms with Crippen LogP contribution >= 0.6 is 0 Å². The molecule has 2 heteroatoms. The maximum Gasteiger partial charge on any atom is 0.0501 e. The lowest BCUT2D eigenvalue weighted by Crippen LogP contribution is -2.18. The molecular weight excluding hydrogens is 1120 g/mol. The van der Waals surface area contributed by atoms with Crippen molar-refractivity contribution in [1.82, 2.24) is 0 Å². The molecule has 93 heavy (non-hydrogen) atoms. The van der Waals surface area contributed by atoms with Gasteiger partial charge >= 0.3 is 0 Å². The summed E-state index contributed by atoms with van der Waals surface area (Å²) in [6, 6.07) is 93.2. The van der Waals surface area contributed by atoms with E-state index in [2.05, 4.69) is 368 Å². The summed E-state index contributed by atoms with van der Waals surface area (Å²) < 4.78 is 0. The maximum absolute atomic E-state index is 2.55. The molecule has 0 saturated carbocycles. The van der Waals surface area contributed by atoms with Gasteiger partial charge in [0.2, 0.25) is 0 Å². The molecule has 0 aromatic heterocycles. The van der Waals surface area contributed by atoms with Crippen LogP contribution in [0.3, 0.4) is 0 Å². The van der Waals surface area contributed by atoms with E-state index in [4.69, 9.17) is 0 Å². The number of allylic oxidation sites excluding steroid dienone is 4. The van der Waals surface area contributed by atoms with E-state index in [0.29, 0.717) is 5.92 Å². The number of rotatable bonds is 10. The van der Waals surface area contributed by atoms with Gasteiger partial charge in [0, 0.05) is 39.8 Å². The Balaban J connectivity index is 0.933. The van der Waals surface area contributed by atoms with E-state index in [-0.39, 0.29) is 27.1 Å². The van der Waals surface area contributed by atoms with Crippen molar-refractivity contribution in [3.05, 3.63) is 306 Å². The monoisotopic (exact) mass is 1210 g/mol. The van der Waals surface area contributed by atoms with Crippen molar-refractivity contribution >= 4 is 28.4 Å². The van der Waals surface area contributed by atoms with Crippen molar-refractivity contribution in [3.63, 3.8) is 0 Å². The Bertz CT molecular complexity index is 4360. The zero-order chi connectivity index (χ0) is 64.9. The van der Waals surface area contributed by atoms with Crippen molar-refractivity contribution in [2.75, 3.05) is 9.80 Å². The second-order valence-electron chi connectivity index (χ2n) is 31.1. The summed E-state index contributed by atoms with van der Waals surface area (Å²) in [6.07, 6.45) is 7.89. The Morgan fingerprint density at radius 3 is 1.14 bits per heavy atom. The van der Waals surface area contributed by atoms with Gasteiger partial charge in [0.25, 0.3) is 0 Å². The van der Waals surface area contributed by atoms with E-state index >= 15 is 0 Å². The van der Waals surface area contributed by atoms with Crippen LogP contribution in [0, 0.1) is 0 Å². The first-order chi connectivity index (χ1) is 44.3. The number of benzene rings is 11. The fourth-order valence-corrected chi connectivity index (χ4v) is 14.5. The van der Waals surface area contributed by atoms with E-state index in [9.17, 15) is 0 Å². The predicted molar refractivity (Wildman–Crippen MR) is 399 cm³/mol. The third-order valence-electron chi connectivity index (χ3n) is 20.2. The molecule has 0 N–H and O–H groups in total. The van der Waals surface area contributed by atoms with Gasteiger partial charge in [-0.05, 0) is 248 Å². The molecule has 1 aliphatic heterocycles. The van der Waals surface area contributed by atoms with Crippen LogP contribution in [-0.4, -0.2) is 0 Å². The third kappa shape index (κ3) is 11.6. The molecule has 462 valence electrons. The van der Waals surface area contributed by atoms with Gasteiger partial charge < -0.3 is 9.80 Å². The predicted octanol–water partition coefficient (Wildman–Crippen LogP) is 25.7. The SMILES string of the molecule is CC(C)(C)c1ccc(-c2cc(-c3ccc(C(C)(C)C)cc3)cc(-c3cccc(N(c4cccc(-c5cc(-c6ccc(C(C)(C)C)cc6)cc(-c6ccc(C(C)(C)C)cc6)c5)c4)c4ccc5c(c4)C(C)(C)c4cc6c(cc4-5)C4CC=CC=C4N6c4ccccc4)c3)c2)cc1. The number of hydrogen-bond acceptors (Lipinski definition) is 2. The molecule has 11 aromatic carbocycles. The molecule has 0 bridgehead atoms. The molecular formula is C91H88N2. The zero-order valence-corrected chi connectivity index (χ0v) is 57.0. The van der Waals surface area contributed by atoms with Gasteiger partial charge in [-0.15, -0.1) is 0 Å². The summed E-state index contributed by atoms with van der Waals surface area (Å²) in [5, 5.41) is 0. The molecule has 0 radical (unpaired) electrons. The van der Waals surface area contributed by atoms with E-state index in [0.717, 1.165) is 34.6 Å². The molecule has 0 saturated heterocycles. The Morgan fingerprint density at radius 1 is 0.344 bits per heavy atom. The number of fused-ring (bicyclic) bond motifs is 6. The fraction of sp³-hybridized carbons (Fsp3) is 0.231. The maximum atomic E-state index is 2.55. The first-order valence-corrected chi connectivity index (χ1v) is 33.6. The Kier molecular flexibility index (Phi) is 15.1. The van der Waals surface area contributed by atoms with Crippen molar-refractivity contribution in [2.45, 2.75) is 136 Å². The Hall–Kier alpha value is -9.50. The molecule has 2 aliphatic carbocycles. The molecule has 11 aromatic rings. The molecule has 2 nitrogen and oxygen atoms in total. The summed E-state index contributed by atoms with van der Waals surface area (Å²) in [4.78, 5) is 5.03. The van der Waals surface area contributed by atoms with Crippen LogP contribution in [0.15, 0.2) is 267 Å². The second kappa shape index (κ2) is 23.0.